The Morgan fingerprint density at radius 3 is 2.43 bits per heavy atom. The van der Waals surface area contributed by atoms with E-state index in [0.29, 0.717) is 6.54 Å². The normalized spacial score (nSPS) is 11.0. The fraction of sp³-hybridized carbons (Fsp3) is 0.167. The predicted octanol–water partition coefficient (Wildman–Crippen LogP) is 3.81. The molecule has 0 bridgehead atoms. The molecule has 0 amide bonds. The van der Waals surface area contributed by atoms with E-state index in [0.717, 1.165) is 22.0 Å². The van der Waals surface area contributed by atoms with Crippen LogP contribution in [0.4, 0.5) is 4.39 Å². The molecule has 0 spiro atoms. The Kier molecular flexibility index (Phi) is 3.34. The van der Waals surface area contributed by atoms with Gasteiger partial charge < -0.3 is 4.57 Å². The van der Waals surface area contributed by atoms with Crippen molar-refractivity contribution in [2.24, 2.45) is 0 Å². The lowest BCUT2D eigenvalue weighted by molar-refractivity contribution is 0.629. The second kappa shape index (κ2) is 5.17. The number of benzene rings is 2. The second-order valence-corrected chi connectivity index (χ2v) is 5.40. The van der Waals surface area contributed by atoms with Gasteiger partial charge in [-0.1, -0.05) is 29.8 Å². The second-order valence-electron chi connectivity index (χ2n) is 5.40. The SMILES string of the molecule is Cc1ccc(Cn2c(=O)cc(C)c3cc(F)ccc32)cc1. The van der Waals surface area contributed by atoms with Crippen molar-refractivity contribution in [1.29, 1.82) is 0 Å². The summed E-state index contributed by atoms with van der Waals surface area (Å²) >= 11 is 0. The molecule has 3 heteroatoms. The summed E-state index contributed by atoms with van der Waals surface area (Å²) in [7, 11) is 0. The first-order chi connectivity index (χ1) is 10.0. The maximum Gasteiger partial charge on any atom is 0.251 e. The van der Waals surface area contributed by atoms with E-state index in [4.69, 9.17) is 0 Å². The topological polar surface area (TPSA) is 22.0 Å². The Morgan fingerprint density at radius 2 is 1.71 bits per heavy atom. The van der Waals surface area contributed by atoms with E-state index >= 15 is 0 Å². The molecule has 0 saturated heterocycles. The van der Waals surface area contributed by atoms with Gasteiger partial charge in [0.05, 0.1) is 12.1 Å². The van der Waals surface area contributed by atoms with Gasteiger partial charge >= 0.3 is 0 Å². The van der Waals surface area contributed by atoms with Gasteiger partial charge in [0.15, 0.2) is 0 Å². The molecular formula is C18H16FNO. The van der Waals surface area contributed by atoms with E-state index in [1.807, 2.05) is 38.1 Å². The summed E-state index contributed by atoms with van der Waals surface area (Å²) in [5, 5.41) is 0.779. The Morgan fingerprint density at radius 1 is 1.00 bits per heavy atom. The van der Waals surface area contributed by atoms with Crippen LogP contribution in [0.1, 0.15) is 16.7 Å². The molecule has 21 heavy (non-hydrogen) atoms. The van der Waals surface area contributed by atoms with Crippen molar-refractivity contribution in [3.63, 3.8) is 0 Å². The molecule has 0 atom stereocenters. The first-order valence-corrected chi connectivity index (χ1v) is 6.90. The van der Waals surface area contributed by atoms with Crippen molar-refractivity contribution in [2.75, 3.05) is 0 Å². The molecule has 106 valence electrons. The molecule has 0 fully saturated rings. The van der Waals surface area contributed by atoms with Gasteiger partial charge in [-0.2, -0.15) is 0 Å². The van der Waals surface area contributed by atoms with E-state index in [2.05, 4.69) is 0 Å². The van der Waals surface area contributed by atoms with Crippen molar-refractivity contribution in [1.82, 2.24) is 4.57 Å². The maximum atomic E-state index is 13.4. The standard InChI is InChI=1S/C18H16FNO/c1-12-3-5-14(6-4-12)11-20-17-8-7-15(19)10-16(17)13(2)9-18(20)21/h3-10H,11H2,1-2H3. The monoisotopic (exact) mass is 281 g/mol. The molecule has 0 saturated carbocycles. The molecule has 0 aliphatic carbocycles. The lowest BCUT2D eigenvalue weighted by Crippen LogP contribution is -2.21. The van der Waals surface area contributed by atoms with Crippen molar-refractivity contribution >= 4 is 10.9 Å². The van der Waals surface area contributed by atoms with E-state index < -0.39 is 0 Å². The highest BCUT2D eigenvalue weighted by atomic mass is 19.1. The Labute approximate surface area is 122 Å². The molecule has 2 aromatic carbocycles. The summed E-state index contributed by atoms with van der Waals surface area (Å²) in [5.74, 6) is -0.286. The lowest BCUT2D eigenvalue weighted by Gasteiger charge is -2.12. The third-order valence-electron chi connectivity index (χ3n) is 3.74. The van der Waals surface area contributed by atoms with Gasteiger partial charge in [-0.25, -0.2) is 4.39 Å². The van der Waals surface area contributed by atoms with Crippen molar-refractivity contribution in [3.8, 4) is 0 Å². The zero-order valence-electron chi connectivity index (χ0n) is 12.1. The third-order valence-corrected chi connectivity index (χ3v) is 3.74. The van der Waals surface area contributed by atoms with E-state index in [-0.39, 0.29) is 11.4 Å². The molecule has 0 N–H and O–H groups in total. The fourth-order valence-electron chi connectivity index (χ4n) is 2.56. The first-order valence-electron chi connectivity index (χ1n) is 6.90. The molecule has 0 unspecified atom stereocenters. The number of aromatic nitrogens is 1. The highest BCUT2D eigenvalue weighted by molar-refractivity contribution is 5.82. The van der Waals surface area contributed by atoms with Crippen LogP contribution in [0.15, 0.2) is 53.3 Å². The van der Waals surface area contributed by atoms with Crippen LogP contribution in [-0.2, 0) is 6.54 Å². The number of fused-ring (bicyclic) bond motifs is 1. The fourth-order valence-corrected chi connectivity index (χ4v) is 2.56. The number of aryl methyl sites for hydroxylation is 2. The summed E-state index contributed by atoms with van der Waals surface area (Å²) in [6.07, 6.45) is 0. The molecule has 0 aliphatic heterocycles. The largest absolute Gasteiger partial charge is 0.304 e. The third kappa shape index (κ3) is 2.59. The number of hydrogen-bond acceptors (Lipinski definition) is 1. The zero-order chi connectivity index (χ0) is 15.0. The summed E-state index contributed by atoms with van der Waals surface area (Å²) in [6, 6.07) is 14.2. The predicted molar refractivity (Wildman–Crippen MR) is 83.2 cm³/mol. The average molecular weight is 281 g/mol. The van der Waals surface area contributed by atoms with Crippen LogP contribution in [-0.4, -0.2) is 4.57 Å². The number of nitrogens with zero attached hydrogens (tertiary/aromatic N) is 1. The molecule has 1 heterocycles. The lowest BCUT2D eigenvalue weighted by atomic mass is 10.1. The Bertz CT molecular complexity index is 863. The highest BCUT2D eigenvalue weighted by Crippen LogP contribution is 2.19. The van der Waals surface area contributed by atoms with Crippen LogP contribution in [0.2, 0.25) is 0 Å². The molecule has 1 aromatic heterocycles. The van der Waals surface area contributed by atoms with Crippen molar-refractivity contribution in [3.05, 3.63) is 81.4 Å². The summed E-state index contributed by atoms with van der Waals surface area (Å²) < 4.78 is 15.1. The van der Waals surface area contributed by atoms with Gasteiger partial charge in [-0.05, 0) is 43.2 Å². The summed E-state index contributed by atoms with van der Waals surface area (Å²) in [6.45, 7) is 4.35. The summed E-state index contributed by atoms with van der Waals surface area (Å²) in [4.78, 5) is 12.3. The minimum absolute atomic E-state index is 0.0628. The molecule has 3 aromatic rings. The van der Waals surface area contributed by atoms with Gasteiger partial charge in [0, 0.05) is 11.5 Å². The van der Waals surface area contributed by atoms with Gasteiger partial charge in [-0.15, -0.1) is 0 Å². The zero-order valence-corrected chi connectivity index (χ0v) is 12.1. The number of hydrogen-bond donors (Lipinski definition) is 0. The van der Waals surface area contributed by atoms with Crippen LogP contribution in [0, 0.1) is 19.7 Å². The van der Waals surface area contributed by atoms with Crippen LogP contribution in [0.3, 0.4) is 0 Å². The van der Waals surface area contributed by atoms with Crippen LogP contribution in [0.5, 0.6) is 0 Å². The van der Waals surface area contributed by atoms with E-state index in [9.17, 15) is 9.18 Å². The Balaban J connectivity index is 2.17. The van der Waals surface area contributed by atoms with Crippen LogP contribution < -0.4 is 5.56 Å². The van der Waals surface area contributed by atoms with E-state index in [1.165, 1.54) is 17.7 Å². The molecule has 0 radical (unpaired) electrons. The minimum Gasteiger partial charge on any atom is -0.304 e. The quantitative estimate of drug-likeness (QED) is 0.700. The summed E-state index contributed by atoms with van der Waals surface area (Å²) in [5.41, 5.74) is 3.74. The highest BCUT2D eigenvalue weighted by Gasteiger charge is 2.08. The molecule has 0 aliphatic rings. The smallest absolute Gasteiger partial charge is 0.251 e. The Hall–Kier alpha value is -2.42. The van der Waals surface area contributed by atoms with Gasteiger partial charge in [-0.3, -0.25) is 4.79 Å². The molecule has 3 rings (SSSR count). The van der Waals surface area contributed by atoms with Gasteiger partial charge in [0.25, 0.3) is 5.56 Å². The van der Waals surface area contributed by atoms with Gasteiger partial charge in [0.2, 0.25) is 0 Å². The van der Waals surface area contributed by atoms with Crippen LogP contribution in [0.25, 0.3) is 10.9 Å². The number of rotatable bonds is 2. The molecular weight excluding hydrogens is 265 g/mol. The van der Waals surface area contributed by atoms with Crippen LogP contribution >= 0.6 is 0 Å². The van der Waals surface area contributed by atoms with Crippen molar-refractivity contribution < 1.29 is 4.39 Å². The number of halogens is 1. The number of pyridine rings is 1. The average Bonchev–Trinajstić information content (AvgIpc) is 2.46. The van der Waals surface area contributed by atoms with E-state index in [1.54, 1.807) is 16.7 Å². The minimum atomic E-state index is -0.286. The van der Waals surface area contributed by atoms with Gasteiger partial charge in [0.1, 0.15) is 5.82 Å². The first kappa shape index (κ1) is 13.6. The maximum absolute atomic E-state index is 13.4. The van der Waals surface area contributed by atoms with Crippen molar-refractivity contribution in [2.45, 2.75) is 20.4 Å². The molecule has 2 nitrogen and oxygen atoms in total.